The Morgan fingerprint density at radius 1 is 1.27 bits per heavy atom. The molecule has 26 heavy (non-hydrogen) atoms. The summed E-state index contributed by atoms with van der Waals surface area (Å²) in [6.07, 6.45) is 3.55. The molecule has 1 unspecified atom stereocenters. The zero-order valence-electron chi connectivity index (χ0n) is 15.9. The molecule has 6 heteroatoms. The van der Waals surface area contributed by atoms with E-state index in [0.717, 1.165) is 31.4 Å². The zero-order chi connectivity index (χ0) is 18.6. The van der Waals surface area contributed by atoms with E-state index in [2.05, 4.69) is 36.2 Å². The number of hydrogen-bond acceptors (Lipinski definition) is 4. The van der Waals surface area contributed by atoms with Crippen LogP contribution in [0.15, 0.2) is 34.9 Å². The molecule has 0 radical (unpaired) electrons. The highest BCUT2D eigenvalue weighted by atomic mass is 16.5. The average molecular weight is 356 g/mol. The second-order valence-electron chi connectivity index (χ2n) is 8.13. The number of nitrogens with zero attached hydrogens (tertiary/aromatic N) is 3. The van der Waals surface area contributed by atoms with Gasteiger partial charge in [-0.05, 0) is 30.2 Å². The van der Waals surface area contributed by atoms with Crippen LogP contribution in [-0.4, -0.2) is 34.2 Å². The lowest BCUT2D eigenvalue weighted by Gasteiger charge is -2.34. The third-order valence-corrected chi connectivity index (χ3v) is 4.51. The van der Waals surface area contributed by atoms with Gasteiger partial charge in [0, 0.05) is 13.1 Å². The van der Waals surface area contributed by atoms with Crippen molar-refractivity contribution < 1.29 is 9.32 Å². The Labute approximate surface area is 155 Å². The van der Waals surface area contributed by atoms with E-state index < -0.39 is 0 Å². The van der Waals surface area contributed by atoms with Crippen LogP contribution in [-0.2, 0) is 6.42 Å². The zero-order valence-corrected chi connectivity index (χ0v) is 15.9. The summed E-state index contributed by atoms with van der Waals surface area (Å²) < 4.78 is 5.44. The number of carbonyl (C=O) groups excluding carboxylic acids is 1. The van der Waals surface area contributed by atoms with Gasteiger partial charge in [-0.2, -0.15) is 4.98 Å². The molecule has 1 N–H and O–H groups in total. The first-order chi connectivity index (χ1) is 12.4. The van der Waals surface area contributed by atoms with E-state index in [1.807, 2.05) is 35.2 Å². The van der Waals surface area contributed by atoms with E-state index >= 15 is 0 Å². The number of rotatable bonds is 4. The van der Waals surface area contributed by atoms with Gasteiger partial charge in [0.1, 0.15) is 0 Å². The fourth-order valence-corrected chi connectivity index (χ4v) is 3.13. The van der Waals surface area contributed by atoms with Crippen LogP contribution in [0.3, 0.4) is 0 Å². The van der Waals surface area contributed by atoms with Crippen LogP contribution in [0.1, 0.15) is 63.4 Å². The van der Waals surface area contributed by atoms with E-state index in [9.17, 15) is 4.79 Å². The van der Waals surface area contributed by atoms with Gasteiger partial charge in [-0.15, -0.1) is 0 Å². The Hall–Kier alpha value is -2.37. The SMILES string of the molecule is CC(C)(C)CNC(=O)N1CCCCC1c1noc(Cc2ccccc2)n1. The highest BCUT2D eigenvalue weighted by molar-refractivity contribution is 5.74. The van der Waals surface area contributed by atoms with Crippen LogP contribution in [0.4, 0.5) is 4.79 Å². The molecule has 2 aromatic rings. The van der Waals surface area contributed by atoms with Crippen molar-refractivity contribution in [1.29, 1.82) is 0 Å². The minimum Gasteiger partial charge on any atom is -0.339 e. The molecule has 1 atom stereocenters. The Bertz CT molecular complexity index is 721. The summed E-state index contributed by atoms with van der Waals surface area (Å²) in [4.78, 5) is 19.1. The third-order valence-electron chi connectivity index (χ3n) is 4.51. The summed E-state index contributed by atoms with van der Waals surface area (Å²) in [5, 5.41) is 7.21. The molecular formula is C20H28N4O2. The minimum absolute atomic E-state index is 0.0426. The first kappa shape index (κ1) is 18.4. The predicted octanol–water partition coefficient (Wildman–Crippen LogP) is 3.94. The maximum absolute atomic E-state index is 12.7. The third kappa shape index (κ3) is 4.84. The van der Waals surface area contributed by atoms with E-state index in [1.54, 1.807) is 0 Å². The number of aromatic nitrogens is 2. The van der Waals surface area contributed by atoms with Gasteiger partial charge in [0.15, 0.2) is 5.82 Å². The molecule has 0 aliphatic carbocycles. The Morgan fingerprint density at radius 3 is 2.77 bits per heavy atom. The smallest absolute Gasteiger partial charge is 0.318 e. The summed E-state index contributed by atoms with van der Waals surface area (Å²) in [5.41, 5.74) is 1.18. The Balaban J connectivity index is 1.69. The summed E-state index contributed by atoms with van der Waals surface area (Å²) in [6.45, 7) is 7.69. The van der Waals surface area contributed by atoms with E-state index in [1.165, 1.54) is 0 Å². The molecule has 2 heterocycles. The first-order valence-corrected chi connectivity index (χ1v) is 9.33. The van der Waals surface area contributed by atoms with E-state index in [-0.39, 0.29) is 17.5 Å². The van der Waals surface area contributed by atoms with Crippen molar-refractivity contribution in [2.75, 3.05) is 13.1 Å². The number of piperidine rings is 1. The van der Waals surface area contributed by atoms with Crippen LogP contribution >= 0.6 is 0 Å². The Morgan fingerprint density at radius 2 is 2.04 bits per heavy atom. The molecule has 1 aliphatic heterocycles. The number of likely N-dealkylation sites (tertiary alicyclic amines) is 1. The van der Waals surface area contributed by atoms with Crippen molar-refractivity contribution in [3.63, 3.8) is 0 Å². The van der Waals surface area contributed by atoms with Gasteiger partial charge in [0.05, 0.1) is 12.5 Å². The van der Waals surface area contributed by atoms with Crippen LogP contribution in [0, 0.1) is 5.41 Å². The molecule has 0 saturated carbocycles. The second kappa shape index (κ2) is 7.89. The van der Waals surface area contributed by atoms with Gasteiger partial charge < -0.3 is 14.7 Å². The summed E-state index contributed by atoms with van der Waals surface area (Å²) >= 11 is 0. The number of benzene rings is 1. The largest absolute Gasteiger partial charge is 0.339 e. The molecule has 1 aliphatic rings. The molecular weight excluding hydrogens is 328 g/mol. The number of urea groups is 1. The molecule has 0 bridgehead atoms. The first-order valence-electron chi connectivity index (χ1n) is 9.33. The van der Waals surface area contributed by atoms with Crippen LogP contribution in [0.2, 0.25) is 0 Å². The molecule has 3 rings (SSSR count). The molecule has 1 fully saturated rings. The lowest BCUT2D eigenvalue weighted by atomic mass is 9.97. The maximum Gasteiger partial charge on any atom is 0.318 e. The minimum atomic E-state index is -0.114. The van der Waals surface area contributed by atoms with Crippen molar-refractivity contribution in [1.82, 2.24) is 20.4 Å². The van der Waals surface area contributed by atoms with Crippen LogP contribution in [0.5, 0.6) is 0 Å². The Kier molecular flexibility index (Phi) is 5.59. The normalized spacial score (nSPS) is 18.0. The highest BCUT2D eigenvalue weighted by Crippen LogP contribution is 2.29. The average Bonchev–Trinajstić information content (AvgIpc) is 3.08. The number of nitrogens with one attached hydrogen (secondary N) is 1. The second-order valence-corrected chi connectivity index (χ2v) is 8.13. The lowest BCUT2D eigenvalue weighted by Crippen LogP contribution is -2.46. The lowest BCUT2D eigenvalue weighted by molar-refractivity contribution is 0.143. The maximum atomic E-state index is 12.7. The van der Waals surface area contributed by atoms with E-state index in [4.69, 9.17) is 4.52 Å². The molecule has 0 spiro atoms. The molecule has 1 aromatic carbocycles. The molecule has 1 saturated heterocycles. The fraction of sp³-hybridized carbons (Fsp3) is 0.550. The van der Waals surface area contributed by atoms with Gasteiger partial charge in [0.2, 0.25) is 5.89 Å². The molecule has 6 nitrogen and oxygen atoms in total. The van der Waals surface area contributed by atoms with Gasteiger partial charge in [0.25, 0.3) is 0 Å². The highest BCUT2D eigenvalue weighted by Gasteiger charge is 2.32. The summed E-state index contributed by atoms with van der Waals surface area (Å²) in [5.74, 6) is 1.20. The predicted molar refractivity (Wildman–Crippen MR) is 99.7 cm³/mol. The number of carbonyl (C=O) groups is 1. The van der Waals surface area contributed by atoms with Crippen LogP contribution < -0.4 is 5.32 Å². The molecule has 1 aromatic heterocycles. The molecule has 2 amide bonds. The number of hydrogen-bond donors (Lipinski definition) is 1. The fourth-order valence-electron chi connectivity index (χ4n) is 3.13. The van der Waals surface area contributed by atoms with Gasteiger partial charge in [-0.1, -0.05) is 56.3 Å². The summed E-state index contributed by atoms with van der Waals surface area (Å²) in [6, 6.07) is 9.90. The van der Waals surface area contributed by atoms with Crippen molar-refractivity contribution in [3.8, 4) is 0 Å². The van der Waals surface area contributed by atoms with Gasteiger partial charge >= 0.3 is 6.03 Å². The van der Waals surface area contributed by atoms with Gasteiger partial charge in [-0.3, -0.25) is 0 Å². The van der Waals surface area contributed by atoms with Gasteiger partial charge in [-0.25, -0.2) is 4.79 Å². The van der Waals surface area contributed by atoms with Crippen molar-refractivity contribution in [3.05, 3.63) is 47.6 Å². The molecule has 140 valence electrons. The quantitative estimate of drug-likeness (QED) is 0.900. The van der Waals surface area contributed by atoms with Crippen molar-refractivity contribution >= 4 is 6.03 Å². The monoisotopic (exact) mass is 356 g/mol. The van der Waals surface area contributed by atoms with E-state index in [0.29, 0.717) is 24.7 Å². The van der Waals surface area contributed by atoms with Crippen molar-refractivity contribution in [2.45, 2.75) is 52.5 Å². The van der Waals surface area contributed by atoms with Crippen molar-refractivity contribution in [2.24, 2.45) is 5.41 Å². The summed E-state index contributed by atoms with van der Waals surface area (Å²) in [7, 11) is 0. The van der Waals surface area contributed by atoms with Crippen LogP contribution in [0.25, 0.3) is 0 Å². The number of amides is 2. The standard InChI is InChI=1S/C20H28N4O2/c1-20(2,3)14-21-19(25)24-12-8-7-11-16(24)18-22-17(26-23-18)13-15-9-5-4-6-10-15/h4-6,9-10,16H,7-8,11-14H2,1-3H3,(H,21,25). The topological polar surface area (TPSA) is 71.3 Å².